The van der Waals surface area contributed by atoms with E-state index in [2.05, 4.69) is 12.1 Å². The van der Waals surface area contributed by atoms with Gasteiger partial charge in [0.2, 0.25) is 5.91 Å². The second-order valence-corrected chi connectivity index (χ2v) is 6.95. The van der Waals surface area contributed by atoms with Gasteiger partial charge in [0.25, 0.3) is 0 Å². The van der Waals surface area contributed by atoms with Gasteiger partial charge in [-0.25, -0.2) is 4.39 Å². The predicted octanol–water partition coefficient (Wildman–Crippen LogP) is 4.65. The molecule has 4 heteroatoms. The van der Waals surface area contributed by atoms with Crippen LogP contribution < -0.4 is 0 Å². The van der Waals surface area contributed by atoms with E-state index < -0.39 is 0 Å². The van der Waals surface area contributed by atoms with Gasteiger partial charge in [-0.3, -0.25) is 4.79 Å². The molecule has 0 aliphatic heterocycles. The molecule has 0 bridgehead atoms. The fourth-order valence-electron chi connectivity index (χ4n) is 3.79. The summed E-state index contributed by atoms with van der Waals surface area (Å²) in [6.45, 7) is 2.94. The first kappa shape index (κ1) is 16.8. The number of carbonyl (C=O) groups is 1. The molecule has 0 saturated heterocycles. The number of hydrogen-bond acceptors (Lipinski definition) is 2. The third-order valence-electron chi connectivity index (χ3n) is 5.21. The molecule has 0 saturated carbocycles. The van der Waals surface area contributed by atoms with Crippen molar-refractivity contribution in [3.8, 4) is 0 Å². The van der Waals surface area contributed by atoms with Crippen molar-refractivity contribution >= 4 is 16.9 Å². The molecule has 0 radical (unpaired) electrons. The molecule has 1 aliphatic carbocycles. The van der Waals surface area contributed by atoms with Crippen LogP contribution in [0, 0.1) is 5.82 Å². The molecule has 1 amide bonds. The lowest BCUT2D eigenvalue weighted by Crippen LogP contribution is -2.31. The van der Waals surface area contributed by atoms with E-state index in [9.17, 15) is 9.18 Å². The Kier molecular flexibility index (Phi) is 4.49. The highest BCUT2D eigenvalue weighted by Crippen LogP contribution is 2.30. The van der Waals surface area contributed by atoms with Gasteiger partial charge in [0.15, 0.2) is 0 Å². The standard InChI is InChI=1S/C22H22FNO2/c1-2-24(13-15-5-3-8-19(23)9-15)22(25)12-18-14-26-21-11-17-7-4-6-16(17)10-20(18)21/h3,5,8-11,14H,2,4,6-7,12-13H2,1H3. The lowest BCUT2D eigenvalue weighted by atomic mass is 10.0. The molecular formula is C22H22FNO2. The molecule has 2 aromatic carbocycles. The van der Waals surface area contributed by atoms with Crippen LogP contribution >= 0.6 is 0 Å². The van der Waals surface area contributed by atoms with Crippen LogP contribution in [0.2, 0.25) is 0 Å². The Hall–Kier alpha value is -2.62. The average Bonchev–Trinajstić information content (AvgIpc) is 3.24. The number of nitrogens with zero attached hydrogens (tertiary/aromatic N) is 1. The minimum Gasteiger partial charge on any atom is -0.464 e. The maximum Gasteiger partial charge on any atom is 0.227 e. The second-order valence-electron chi connectivity index (χ2n) is 6.95. The zero-order chi connectivity index (χ0) is 18.1. The monoisotopic (exact) mass is 351 g/mol. The molecule has 1 aliphatic rings. The summed E-state index contributed by atoms with van der Waals surface area (Å²) in [4.78, 5) is 14.5. The minimum atomic E-state index is -0.277. The van der Waals surface area contributed by atoms with Gasteiger partial charge in [-0.05, 0) is 67.1 Å². The molecule has 0 unspecified atom stereocenters. The molecule has 3 nitrogen and oxygen atoms in total. The first-order chi connectivity index (χ1) is 12.6. The molecule has 1 aromatic heterocycles. The molecule has 0 fully saturated rings. The van der Waals surface area contributed by atoms with Gasteiger partial charge in [0, 0.05) is 24.0 Å². The zero-order valence-corrected chi connectivity index (χ0v) is 14.9. The first-order valence-electron chi connectivity index (χ1n) is 9.18. The summed E-state index contributed by atoms with van der Waals surface area (Å²) in [7, 11) is 0. The van der Waals surface area contributed by atoms with Crippen LogP contribution in [-0.4, -0.2) is 17.4 Å². The Morgan fingerprint density at radius 2 is 2.00 bits per heavy atom. The summed E-state index contributed by atoms with van der Waals surface area (Å²) in [5.74, 6) is -0.249. The third-order valence-corrected chi connectivity index (χ3v) is 5.21. The number of rotatable bonds is 5. The Morgan fingerprint density at radius 1 is 1.19 bits per heavy atom. The number of halogens is 1. The van der Waals surface area contributed by atoms with Crippen LogP contribution in [0.15, 0.2) is 47.1 Å². The van der Waals surface area contributed by atoms with E-state index in [1.54, 1.807) is 17.2 Å². The van der Waals surface area contributed by atoms with E-state index in [1.807, 2.05) is 13.0 Å². The SMILES string of the molecule is CCN(Cc1cccc(F)c1)C(=O)Cc1coc2cc3c(cc12)CCC3. The highest BCUT2D eigenvalue weighted by molar-refractivity contribution is 5.88. The number of amides is 1. The molecule has 1 heterocycles. The summed E-state index contributed by atoms with van der Waals surface area (Å²) in [6, 6.07) is 10.7. The lowest BCUT2D eigenvalue weighted by Gasteiger charge is -2.21. The van der Waals surface area contributed by atoms with Gasteiger partial charge in [0.1, 0.15) is 11.4 Å². The molecular weight excluding hydrogens is 329 g/mol. The van der Waals surface area contributed by atoms with Crippen molar-refractivity contribution in [3.05, 3.63) is 70.7 Å². The average molecular weight is 351 g/mol. The van der Waals surface area contributed by atoms with E-state index in [-0.39, 0.29) is 11.7 Å². The van der Waals surface area contributed by atoms with Gasteiger partial charge in [0.05, 0.1) is 12.7 Å². The minimum absolute atomic E-state index is 0.0277. The van der Waals surface area contributed by atoms with Gasteiger partial charge in [-0.2, -0.15) is 0 Å². The number of benzene rings is 2. The number of likely N-dealkylation sites (N-methyl/N-ethyl adjacent to an activating group) is 1. The molecule has 134 valence electrons. The third kappa shape index (κ3) is 3.24. The summed E-state index contributed by atoms with van der Waals surface area (Å²) in [5, 5.41) is 1.04. The summed E-state index contributed by atoms with van der Waals surface area (Å²) < 4.78 is 19.1. The Balaban J connectivity index is 1.54. The number of carbonyl (C=O) groups excluding carboxylic acids is 1. The first-order valence-corrected chi connectivity index (χ1v) is 9.18. The Morgan fingerprint density at radius 3 is 2.77 bits per heavy atom. The van der Waals surface area contributed by atoms with Crippen molar-refractivity contribution in [1.29, 1.82) is 0 Å². The number of furan rings is 1. The molecule has 0 spiro atoms. The molecule has 3 aromatic rings. The number of hydrogen-bond donors (Lipinski definition) is 0. The van der Waals surface area contributed by atoms with Gasteiger partial charge in [-0.1, -0.05) is 12.1 Å². The summed E-state index contributed by atoms with van der Waals surface area (Å²) in [5.41, 5.74) is 5.33. The van der Waals surface area contributed by atoms with E-state index >= 15 is 0 Å². The van der Waals surface area contributed by atoms with Crippen molar-refractivity contribution < 1.29 is 13.6 Å². The normalized spacial score (nSPS) is 13.2. The highest BCUT2D eigenvalue weighted by atomic mass is 19.1. The summed E-state index contributed by atoms with van der Waals surface area (Å²) >= 11 is 0. The van der Waals surface area contributed by atoms with Crippen LogP contribution in [-0.2, 0) is 30.6 Å². The van der Waals surface area contributed by atoms with Crippen molar-refractivity contribution in [2.24, 2.45) is 0 Å². The number of fused-ring (bicyclic) bond motifs is 2. The van der Waals surface area contributed by atoms with Crippen LogP contribution in [0.3, 0.4) is 0 Å². The summed E-state index contributed by atoms with van der Waals surface area (Å²) in [6.07, 6.45) is 5.40. The van der Waals surface area contributed by atoms with Gasteiger partial charge >= 0.3 is 0 Å². The Bertz CT molecular complexity index is 960. The zero-order valence-electron chi connectivity index (χ0n) is 14.9. The Labute approximate surface area is 152 Å². The molecule has 0 N–H and O–H groups in total. The topological polar surface area (TPSA) is 33.5 Å². The van der Waals surface area contributed by atoms with E-state index in [0.717, 1.165) is 34.9 Å². The van der Waals surface area contributed by atoms with Crippen molar-refractivity contribution in [2.45, 2.75) is 39.2 Å². The van der Waals surface area contributed by atoms with Crippen LogP contribution in [0.1, 0.15) is 35.6 Å². The quantitative estimate of drug-likeness (QED) is 0.670. The molecule has 4 rings (SSSR count). The van der Waals surface area contributed by atoms with E-state index in [0.29, 0.717) is 19.5 Å². The molecule has 26 heavy (non-hydrogen) atoms. The van der Waals surface area contributed by atoms with E-state index in [4.69, 9.17) is 4.42 Å². The van der Waals surface area contributed by atoms with E-state index in [1.165, 1.54) is 29.7 Å². The lowest BCUT2D eigenvalue weighted by molar-refractivity contribution is -0.130. The van der Waals surface area contributed by atoms with Crippen LogP contribution in [0.25, 0.3) is 11.0 Å². The van der Waals surface area contributed by atoms with Crippen molar-refractivity contribution in [1.82, 2.24) is 4.90 Å². The van der Waals surface area contributed by atoms with Crippen LogP contribution in [0.4, 0.5) is 4.39 Å². The molecule has 0 atom stereocenters. The largest absolute Gasteiger partial charge is 0.464 e. The maximum atomic E-state index is 13.4. The highest BCUT2D eigenvalue weighted by Gasteiger charge is 2.19. The van der Waals surface area contributed by atoms with Crippen LogP contribution in [0.5, 0.6) is 0 Å². The fraction of sp³-hybridized carbons (Fsp3) is 0.318. The predicted molar refractivity (Wildman–Crippen MR) is 99.4 cm³/mol. The fourth-order valence-corrected chi connectivity index (χ4v) is 3.79. The second kappa shape index (κ2) is 6.94. The number of aryl methyl sites for hydroxylation is 2. The van der Waals surface area contributed by atoms with Gasteiger partial charge < -0.3 is 9.32 Å². The smallest absolute Gasteiger partial charge is 0.227 e. The van der Waals surface area contributed by atoms with Gasteiger partial charge in [-0.15, -0.1) is 0 Å². The maximum absolute atomic E-state index is 13.4. The van der Waals surface area contributed by atoms with Crippen molar-refractivity contribution in [2.75, 3.05) is 6.54 Å². The van der Waals surface area contributed by atoms with Crippen molar-refractivity contribution in [3.63, 3.8) is 0 Å².